The molecule has 0 radical (unpaired) electrons. The van der Waals surface area contributed by atoms with Crippen molar-refractivity contribution in [3.8, 4) is 0 Å². The van der Waals surface area contributed by atoms with E-state index in [9.17, 15) is 5.11 Å². The second-order valence-corrected chi connectivity index (χ2v) is 6.29. The molecule has 0 aliphatic rings. The van der Waals surface area contributed by atoms with Crippen LogP contribution in [0.15, 0.2) is 12.4 Å². The monoisotopic (exact) mass is 253 g/mol. The van der Waals surface area contributed by atoms with E-state index in [2.05, 4.69) is 51.2 Å². The summed E-state index contributed by atoms with van der Waals surface area (Å²) in [5, 5.41) is 17.2. The topological polar surface area (TPSA) is 50.1 Å². The Morgan fingerprint density at radius 3 is 2.44 bits per heavy atom. The predicted octanol–water partition coefficient (Wildman–Crippen LogP) is 2.28. The number of aliphatic hydroxyl groups excluding tert-OH is 1. The summed E-state index contributed by atoms with van der Waals surface area (Å²) < 4.78 is 1.97. The van der Waals surface area contributed by atoms with E-state index in [1.165, 1.54) is 0 Å². The molecule has 4 heteroatoms. The minimum absolute atomic E-state index is 0.0158. The highest BCUT2D eigenvalue weighted by Crippen LogP contribution is 2.15. The molecule has 0 amide bonds. The van der Waals surface area contributed by atoms with E-state index in [1.807, 2.05) is 10.9 Å². The first-order valence-electron chi connectivity index (χ1n) is 6.70. The van der Waals surface area contributed by atoms with E-state index >= 15 is 0 Å². The summed E-state index contributed by atoms with van der Waals surface area (Å²) in [6.07, 6.45) is 5.99. The molecule has 1 atom stereocenters. The van der Waals surface area contributed by atoms with Crippen molar-refractivity contribution in [3.63, 3.8) is 0 Å². The number of hydrogen-bond donors (Lipinski definition) is 2. The quantitative estimate of drug-likeness (QED) is 0.817. The molecule has 0 bridgehead atoms. The van der Waals surface area contributed by atoms with Crippen molar-refractivity contribution in [1.29, 1.82) is 0 Å². The van der Waals surface area contributed by atoms with Crippen LogP contribution in [0.1, 0.15) is 53.0 Å². The second-order valence-electron chi connectivity index (χ2n) is 6.29. The first-order valence-corrected chi connectivity index (χ1v) is 6.70. The molecule has 0 spiro atoms. The third-order valence-corrected chi connectivity index (χ3v) is 3.19. The molecule has 1 aromatic heterocycles. The van der Waals surface area contributed by atoms with Crippen LogP contribution >= 0.6 is 0 Å². The number of rotatable bonds is 6. The van der Waals surface area contributed by atoms with E-state index < -0.39 is 0 Å². The molecular weight excluding hydrogens is 226 g/mol. The minimum Gasteiger partial charge on any atom is -0.394 e. The third kappa shape index (κ3) is 4.10. The van der Waals surface area contributed by atoms with E-state index in [0.29, 0.717) is 0 Å². The van der Waals surface area contributed by atoms with Gasteiger partial charge in [0.25, 0.3) is 0 Å². The zero-order valence-electron chi connectivity index (χ0n) is 12.3. The number of aliphatic hydroxyl groups is 1. The summed E-state index contributed by atoms with van der Waals surface area (Å²) >= 11 is 0. The first-order chi connectivity index (χ1) is 8.30. The summed E-state index contributed by atoms with van der Waals surface area (Å²) in [6, 6.07) is 0. The molecule has 1 heterocycles. The van der Waals surface area contributed by atoms with Crippen molar-refractivity contribution >= 4 is 0 Å². The van der Waals surface area contributed by atoms with Crippen LogP contribution < -0.4 is 5.32 Å². The summed E-state index contributed by atoms with van der Waals surface area (Å²) in [5.74, 6) is 0. The maximum Gasteiger partial charge on any atom is 0.0610 e. The molecule has 0 saturated heterocycles. The lowest BCUT2D eigenvalue weighted by molar-refractivity contribution is 0.163. The highest BCUT2D eigenvalue weighted by atomic mass is 16.3. The van der Waals surface area contributed by atoms with Gasteiger partial charge in [-0.05, 0) is 34.1 Å². The molecule has 104 valence electrons. The van der Waals surface area contributed by atoms with Crippen molar-refractivity contribution in [2.45, 2.75) is 65.1 Å². The maximum atomic E-state index is 9.45. The Balaban J connectivity index is 2.61. The summed E-state index contributed by atoms with van der Waals surface area (Å²) in [4.78, 5) is 0. The summed E-state index contributed by atoms with van der Waals surface area (Å²) in [7, 11) is 0. The Morgan fingerprint density at radius 2 is 2.00 bits per heavy atom. The van der Waals surface area contributed by atoms with Gasteiger partial charge in [0.05, 0.1) is 18.3 Å². The number of nitrogens with zero attached hydrogens (tertiary/aromatic N) is 2. The fraction of sp³-hybridized carbons (Fsp3) is 0.786. The van der Waals surface area contributed by atoms with Gasteiger partial charge >= 0.3 is 0 Å². The molecule has 1 aromatic rings. The van der Waals surface area contributed by atoms with Gasteiger partial charge < -0.3 is 10.4 Å². The lowest BCUT2D eigenvalue weighted by Crippen LogP contribution is -2.45. The second kappa shape index (κ2) is 5.85. The zero-order valence-corrected chi connectivity index (χ0v) is 12.3. The van der Waals surface area contributed by atoms with Crippen LogP contribution in [-0.2, 0) is 12.1 Å². The number of aromatic nitrogens is 2. The number of hydrogen-bond acceptors (Lipinski definition) is 3. The highest BCUT2D eigenvalue weighted by Gasteiger charge is 2.21. The standard InChI is InChI=1S/C14H27N3O/c1-6-7-14(5,11-18)15-8-12-9-16-17(10-12)13(2,3)4/h9-10,15,18H,6-8,11H2,1-5H3. The third-order valence-electron chi connectivity index (χ3n) is 3.19. The van der Waals surface area contributed by atoms with Gasteiger partial charge in [0.2, 0.25) is 0 Å². The lowest BCUT2D eigenvalue weighted by Gasteiger charge is -2.28. The van der Waals surface area contributed by atoms with Gasteiger partial charge in [-0.25, -0.2) is 0 Å². The normalized spacial score (nSPS) is 15.7. The summed E-state index contributed by atoms with van der Waals surface area (Å²) in [6.45, 7) is 11.5. The van der Waals surface area contributed by atoms with Crippen LogP contribution in [0.5, 0.6) is 0 Å². The van der Waals surface area contributed by atoms with Gasteiger partial charge in [0, 0.05) is 23.8 Å². The molecule has 0 aliphatic heterocycles. The van der Waals surface area contributed by atoms with Crippen LogP contribution in [-0.4, -0.2) is 27.0 Å². The minimum atomic E-state index is -0.196. The van der Waals surface area contributed by atoms with Crippen molar-refractivity contribution < 1.29 is 5.11 Å². The molecular formula is C14H27N3O. The average Bonchev–Trinajstić information content (AvgIpc) is 2.75. The molecule has 1 rings (SSSR count). The SMILES string of the molecule is CCCC(C)(CO)NCc1cnn(C(C)(C)C)c1. The number of nitrogens with one attached hydrogen (secondary N) is 1. The molecule has 2 N–H and O–H groups in total. The van der Waals surface area contributed by atoms with Crippen LogP contribution in [0.4, 0.5) is 0 Å². The van der Waals surface area contributed by atoms with Crippen molar-refractivity contribution in [2.24, 2.45) is 0 Å². The molecule has 0 saturated carbocycles. The van der Waals surface area contributed by atoms with Gasteiger partial charge in [0.15, 0.2) is 0 Å². The maximum absolute atomic E-state index is 9.45. The Hall–Kier alpha value is -0.870. The fourth-order valence-electron chi connectivity index (χ4n) is 1.91. The Morgan fingerprint density at radius 1 is 1.33 bits per heavy atom. The Kier molecular flexibility index (Phi) is 4.93. The van der Waals surface area contributed by atoms with E-state index in [-0.39, 0.29) is 17.7 Å². The molecule has 4 nitrogen and oxygen atoms in total. The first kappa shape index (κ1) is 15.2. The van der Waals surface area contributed by atoms with Crippen molar-refractivity contribution in [2.75, 3.05) is 6.61 Å². The smallest absolute Gasteiger partial charge is 0.0610 e. The van der Waals surface area contributed by atoms with Crippen molar-refractivity contribution in [1.82, 2.24) is 15.1 Å². The van der Waals surface area contributed by atoms with E-state index in [0.717, 1.165) is 24.9 Å². The van der Waals surface area contributed by atoms with Crippen molar-refractivity contribution in [3.05, 3.63) is 18.0 Å². The molecule has 18 heavy (non-hydrogen) atoms. The van der Waals surface area contributed by atoms with Gasteiger partial charge in [-0.2, -0.15) is 5.10 Å². The fourth-order valence-corrected chi connectivity index (χ4v) is 1.91. The van der Waals surface area contributed by atoms with E-state index in [1.54, 1.807) is 0 Å². The zero-order chi connectivity index (χ0) is 13.8. The molecule has 0 aromatic carbocycles. The van der Waals surface area contributed by atoms with Gasteiger partial charge in [-0.15, -0.1) is 0 Å². The van der Waals surface area contributed by atoms with Crippen LogP contribution in [0.3, 0.4) is 0 Å². The molecule has 0 aliphatic carbocycles. The molecule has 1 unspecified atom stereocenters. The predicted molar refractivity (Wildman–Crippen MR) is 74.5 cm³/mol. The van der Waals surface area contributed by atoms with Gasteiger partial charge in [0.1, 0.15) is 0 Å². The molecule has 0 fully saturated rings. The van der Waals surface area contributed by atoms with Crippen LogP contribution in [0, 0.1) is 0 Å². The highest BCUT2D eigenvalue weighted by molar-refractivity contribution is 5.06. The van der Waals surface area contributed by atoms with E-state index in [4.69, 9.17) is 0 Å². The van der Waals surface area contributed by atoms with Gasteiger partial charge in [-0.3, -0.25) is 4.68 Å². The van der Waals surface area contributed by atoms with Crippen LogP contribution in [0.25, 0.3) is 0 Å². The average molecular weight is 253 g/mol. The largest absolute Gasteiger partial charge is 0.394 e. The lowest BCUT2D eigenvalue weighted by atomic mass is 9.97. The Bertz CT molecular complexity index is 367. The van der Waals surface area contributed by atoms with Gasteiger partial charge in [-0.1, -0.05) is 13.3 Å². The van der Waals surface area contributed by atoms with Crippen LogP contribution in [0.2, 0.25) is 0 Å². The summed E-state index contributed by atoms with van der Waals surface area (Å²) in [5.41, 5.74) is 0.973. The Labute approximate surface area is 110 Å².